The Morgan fingerprint density at radius 1 is 1.35 bits per heavy atom. The minimum absolute atomic E-state index is 0.334. The molecule has 0 heterocycles. The quantitative estimate of drug-likeness (QED) is 0.455. The third kappa shape index (κ3) is 3.38. The molecule has 0 spiro atoms. The van der Waals surface area contributed by atoms with Crippen LogP contribution in [0.4, 0.5) is 5.69 Å². The first-order valence-electron chi connectivity index (χ1n) is 5.85. The summed E-state index contributed by atoms with van der Waals surface area (Å²) < 4.78 is 4.92. The van der Waals surface area contributed by atoms with E-state index in [1.807, 2.05) is 12.1 Å². The minimum Gasteiger partial charge on any atom is -0.455 e. The second kappa shape index (κ2) is 5.69. The van der Waals surface area contributed by atoms with E-state index in [1.54, 1.807) is 19.1 Å². The van der Waals surface area contributed by atoms with Crippen LogP contribution in [0.25, 0.3) is 0 Å². The highest BCUT2D eigenvalue weighted by Crippen LogP contribution is 2.64. The summed E-state index contributed by atoms with van der Waals surface area (Å²) in [5.74, 6) is -0.959. The molecule has 1 aromatic rings. The SMILES string of the molecule is C[C@]1(C(=O)OCC(=O)Nc2ccc(I)cc2)CC1(Cl)Cl. The molecule has 20 heavy (non-hydrogen) atoms. The van der Waals surface area contributed by atoms with Crippen LogP contribution >= 0.6 is 45.8 Å². The number of carbonyl (C=O) groups is 2. The van der Waals surface area contributed by atoms with Gasteiger partial charge in [-0.2, -0.15) is 0 Å². The van der Waals surface area contributed by atoms with Gasteiger partial charge in [0.15, 0.2) is 6.61 Å². The van der Waals surface area contributed by atoms with Gasteiger partial charge < -0.3 is 10.1 Å². The molecule has 0 radical (unpaired) electrons. The molecule has 0 bridgehead atoms. The highest BCUT2D eigenvalue weighted by atomic mass is 127. The third-order valence-corrected chi connectivity index (χ3v) is 4.99. The number of anilines is 1. The zero-order valence-corrected chi connectivity index (χ0v) is 14.3. The minimum atomic E-state index is -1.09. The summed E-state index contributed by atoms with van der Waals surface area (Å²) in [6.45, 7) is 1.26. The van der Waals surface area contributed by atoms with E-state index in [2.05, 4.69) is 27.9 Å². The number of esters is 1. The summed E-state index contributed by atoms with van der Waals surface area (Å²) in [4.78, 5) is 23.4. The van der Waals surface area contributed by atoms with Crippen LogP contribution < -0.4 is 5.32 Å². The molecule has 4 nitrogen and oxygen atoms in total. The van der Waals surface area contributed by atoms with Gasteiger partial charge in [0.1, 0.15) is 9.75 Å². The number of benzene rings is 1. The topological polar surface area (TPSA) is 55.4 Å². The summed E-state index contributed by atoms with van der Waals surface area (Å²) in [7, 11) is 0. The number of hydrogen-bond donors (Lipinski definition) is 1. The number of rotatable bonds is 4. The zero-order valence-electron chi connectivity index (χ0n) is 10.6. The van der Waals surface area contributed by atoms with Crippen molar-refractivity contribution in [1.82, 2.24) is 0 Å². The zero-order chi connectivity index (χ0) is 15.0. The van der Waals surface area contributed by atoms with Crippen LogP contribution in [0.5, 0.6) is 0 Å². The molecule has 0 aromatic heterocycles. The lowest BCUT2D eigenvalue weighted by Crippen LogP contribution is -2.26. The van der Waals surface area contributed by atoms with Crippen molar-refractivity contribution in [2.24, 2.45) is 5.41 Å². The molecule has 0 unspecified atom stereocenters. The fourth-order valence-electron chi connectivity index (χ4n) is 1.64. The number of nitrogens with one attached hydrogen (secondary N) is 1. The fraction of sp³-hybridized carbons (Fsp3) is 0.385. The van der Waals surface area contributed by atoms with E-state index in [9.17, 15) is 9.59 Å². The van der Waals surface area contributed by atoms with Crippen LogP contribution in [0.15, 0.2) is 24.3 Å². The molecular weight excluding hydrogens is 416 g/mol. The van der Waals surface area contributed by atoms with E-state index >= 15 is 0 Å². The Morgan fingerprint density at radius 3 is 2.40 bits per heavy atom. The maximum atomic E-state index is 11.8. The Kier molecular flexibility index (Phi) is 4.51. The van der Waals surface area contributed by atoms with Gasteiger partial charge in [-0.25, -0.2) is 0 Å². The predicted octanol–water partition coefficient (Wildman–Crippen LogP) is 3.36. The van der Waals surface area contributed by atoms with Crippen LogP contribution in [-0.4, -0.2) is 22.8 Å². The van der Waals surface area contributed by atoms with Crippen molar-refractivity contribution in [2.45, 2.75) is 17.7 Å². The average Bonchev–Trinajstić information content (AvgIpc) is 2.90. The molecule has 1 amide bonds. The molecular formula is C13H12Cl2INO3. The molecule has 1 aliphatic carbocycles. The van der Waals surface area contributed by atoms with Gasteiger partial charge >= 0.3 is 5.97 Å². The first-order chi connectivity index (χ1) is 9.24. The van der Waals surface area contributed by atoms with Gasteiger partial charge in [-0.3, -0.25) is 9.59 Å². The van der Waals surface area contributed by atoms with E-state index < -0.39 is 21.6 Å². The van der Waals surface area contributed by atoms with Crippen LogP contribution in [0, 0.1) is 8.99 Å². The van der Waals surface area contributed by atoms with Crippen molar-refractivity contribution in [3.8, 4) is 0 Å². The second-order valence-electron chi connectivity index (χ2n) is 4.84. The highest BCUT2D eigenvalue weighted by molar-refractivity contribution is 14.1. The number of ether oxygens (including phenoxy) is 1. The average molecular weight is 428 g/mol. The van der Waals surface area contributed by atoms with Gasteiger partial charge in [-0.15, -0.1) is 23.2 Å². The van der Waals surface area contributed by atoms with Crippen molar-refractivity contribution in [1.29, 1.82) is 0 Å². The summed E-state index contributed by atoms with van der Waals surface area (Å²) in [6.07, 6.45) is 0.334. The van der Waals surface area contributed by atoms with E-state index in [0.29, 0.717) is 12.1 Å². The van der Waals surface area contributed by atoms with Crippen molar-refractivity contribution in [3.63, 3.8) is 0 Å². The molecule has 1 fully saturated rings. The molecule has 7 heteroatoms. The number of hydrogen-bond acceptors (Lipinski definition) is 3. The Hall–Kier alpha value is -0.530. The molecule has 1 aromatic carbocycles. The van der Waals surface area contributed by atoms with Crippen LogP contribution in [0.2, 0.25) is 0 Å². The summed E-state index contributed by atoms with van der Waals surface area (Å²) >= 11 is 13.9. The van der Waals surface area contributed by atoms with E-state index in [1.165, 1.54) is 0 Å². The number of carbonyl (C=O) groups excluding carboxylic acids is 2. The summed E-state index contributed by atoms with van der Waals surface area (Å²) in [5.41, 5.74) is -0.271. The summed E-state index contributed by atoms with van der Waals surface area (Å²) in [5, 5.41) is 2.63. The summed E-state index contributed by atoms with van der Waals surface area (Å²) in [6, 6.07) is 7.27. The van der Waals surface area contributed by atoms with Crippen molar-refractivity contribution < 1.29 is 14.3 Å². The predicted molar refractivity (Wildman–Crippen MR) is 85.9 cm³/mol. The highest BCUT2D eigenvalue weighted by Gasteiger charge is 2.69. The number of alkyl halides is 2. The van der Waals surface area contributed by atoms with Gasteiger partial charge in [-0.05, 0) is 53.8 Å². The second-order valence-corrected chi connectivity index (χ2v) is 7.57. The van der Waals surface area contributed by atoms with Gasteiger partial charge in [0.2, 0.25) is 0 Å². The molecule has 1 aliphatic rings. The molecule has 1 saturated carbocycles. The standard InChI is InChI=1S/C13H12Cl2INO3/c1-12(7-13(12,14)15)11(19)20-6-10(18)17-9-4-2-8(16)3-5-9/h2-5H,6-7H2,1H3,(H,17,18)/t12-/m1/s1. The molecule has 108 valence electrons. The largest absolute Gasteiger partial charge is 0.455 e. The normalized spacial score (nSPS) is 23.0. The molecule has 1 N–H and O–H groups in total. The van der Waals surface area contributed by atoms with E-state index in [4.69, 9.17) is 27.9 Å². The Labute approximate surface area is 140 Å². The van der Waals surface area contributed by atoms with Crippen LogP contribution in [0.3, 0.4) is 0 Å². The van der Waals surface area contributed by atoms with Crippen LogP contribution in [0.1, 0.15) is 13.3 Å². The Balaban J connectivity index is 1.81. The van der Waals surface area contributed by atoms with E-state index in [-0.39, 0.29) is 6.61 Å². The van der Waals surface area contributed by atoms with Gasteiger partial charge in [0, 0.05) is 15.7 Å². The lowest BCUT2D eigenvalue weighted by Gasteiger charge is -2.11. The number of amides is 1. The van der Waals surface area contributed by atoms with E-state index in [0.717, 1.165) is 3.57 Å². The number of halogens is 3. The Bertz CT molecular complexity index is 547. The first-order valence-corrected chi connectivity index (χ1v) is 7.68. The van der Waals surface area contributed by atoms with Gasteiger partial charge in [-0.1, -0.05) is 0 Å². The molecule has 0 aliphatic heterocycles. The van der Waals surface area contributed by atoms with Crippen molar-refractivity contribution in [2.75, 3.05) is 11.9 Å². The van der Waals surface area contributed by atoms with Crippen molar-refractivity contribution in [3.05, 3.63) is 27.8 Å². The van der Waals surface area contributed by atoms with Gasteiger partial charge in [0.05, 0.1) is 0 Å². The Morgan fingerprint density at radius 2 is 1.90 bits per heavy atom. The van der Waals surface area contributed by atoms with Crippen LogP contribution in [-0.2, 0) is 14.3 Å². The molecule has 2 rings (SSSR count). The van der Waals surface area contributed by atoms with Crippen molar-refractivity contribution >= 4 is 63.4 Å². The smallest absolute Gasteiger partial charge is 0.315 e. The fourth-order valence-corrected chi connectivity index (χ4v) is 2.69. The lowest BCUT2D eigenvalue weighted by molar-refractivity contribution is -0.152. The molecule has 0 saturated heterocycles. The maximum absolute atomic E-state index is 11.8. The van der Waals surface area contributed by atoms with Gasteiger partial charge in [0.25, 0.3) is 5.91 Å². The first kappa shape index (κ1) is 15.9. The lowest BCUT2D eigenvalue weighted by atomic mass is 10.1. The molecule has 1 atom stereocenters. The maximum Gasteiger partial charge on any atom is 0.315 e. The monoisotopic (exact) mass is 427 g/mol. The third-order valence-electron chi connectivity index (χ3n) is 3.17.